The molecule has 0 aliphatic carbocycles. The smallest absolute Gasteiger partial charge is 0.308 e. The molecule has 0 saturated carbocycles. The molecule has 1 aromatic carbocycles. The molecule has 0 bridgehead atoms. The summed E-state index contributed by atoms with van der Waals surface area (Å²) in [6, 6.07) is 10.1. The van der Waals surface area contributed by atoms with Crippen molar-refractivity contribution in [2.75, 3.05) is 6.61 Å². The van der Waals surface area contributed by atoms with E-state index in [1.54, 1.807) is 0 Å². The number of hydrogen-bond donors (Lipinski definition) is 0. The highest BCUT2D eigenvalue weighted by Crippen LogP contribution is 2.26. The third kappa shape index (κ3) is 2.61. The third-order valence-corrected chi connectivity index (χ3v) is 2.73. The predicted octanol–water partition coefficient (Wildman–Crippen LogP) is 2.15. The van der Waals surface area contributed by atoms with Gasteiger partial charge in [-0.1, -0.05) is 30.3 Å². The number of carbonyl (C=O) groups excluding carboxylic acids is 1. The Hall–Kier alpha value is -1.35. The first-order valence-electron chi connectivity index (χ1n) is 5.64. The zero-order valence-corrected chi connectivity index (χ0v) is 9.39. The van der Waals surface area contributed by atoms with E-state index in [-0.39, 0.29) is 18.2 Å². The van der Waals surface area contributed by atoms with Crippen molar-refractivity contribution < 1.29 is 14.3 Å². The van der Waals surface area contributed by atoms with Gasteiger partial charge in [-0.25, -0.2) is 0 Å². The highest BCUT2D eigenvalue weighted by molar-refractivity contribution is 5.71. The second kappa shape index (κ2) is 5.12. The molecule has 2 rings (SSSR count). The summed E-state index contributed by atoms with van der Waals surface area (Å²) in [6.07, 6.45) is 0.925. The van der Waals surface area contributed by atoms with Gasteiger partial charge in [0.2, 0.25) is 6.29 Å². The van der Waals surface area contributed by atoms with Crippen molar-refractivity contribution in [3.05, 3.63) is 35.9 Å². The minimum Gasteiger partial charge on any atom is -0.435 e. The molecule has 1 aliphatic heterocycles. The van der Waals surface area contributed by atoms with Gasteiger partial charge in [0.15, 0.2) is 0 Å². The van der Waals surface area contributed by atoms with Gasteiger partial charge in [-0.15, -0.1) is 0 Å². The van der Waals surface area contributed by atoms with Crippen LogP contribution in [-0.2, 0) is 20.7 Å². The van der Waals surface area contributed by atoms with Gasteiger partial charge in [0.25, 0.3) is 0 Å². The second-order valence-electron chi connectivity index (χ2n) is 3.97. The van der Waals surface area contributed by atoms with E-state index < -0.39 is 0 Å². The van der Waals surface area contributed by atoms with Crippen molar-refractivity contribution >= 4 is 5.97 Å². The highest BCUT2D eigenvalue weighted by Gasteiger charge is 2.35. The quantitative estimate of drug-likeness (QED) is 0.729. The molecule has 1 fully saturated rings. The maximum absolute atomic E-state index is 11.2. The fraction of sp³-hybridized carbons (Fsp3) is 0.462. The largest absolute Gasteiger partial charge is 0.435 e. The number of benzene rings is 1. The Morgan fingerprint density at radius 1 is 1.38 bits per heavy atom. The summed E-state index contributed by atoms with van der Waals surface area (Å²) in [6.45, 7) is 2.48. The van der Waals surface area contributed by atoms with Gasteiger partial charge in [0.1, 0.15) is 0 Å². The summed E-state index contributed by atoms with van der Waals surface area (Å²) in [5.41, 5.74) is 1.22. The van der Waals surface area contributed by atoms with Crippen molar-refractivity contribution in [1.82, 2.24) is 0 Å². The SMILES string of the molecule is CCO[C@H]1OC(=O)C[C@@H]1Cc1ccccc1. The fourth-order valence-corrected chi connectivity index (χ4v) is 2.00. The maximum atomic E-state index is 11.2. The lowest BCUT2D eigenvalue weighted by Gasteiger charge is -2.16. The molecular formula is C13H16O3. The lowest BCUT2D eigenvalue weighted by molar-refractivity contribution is -0.166. The van der Waals surface area contributed by atoms with Gasteiger partial charge in [0, 0.05) is 12.5 Å². The van der Waals surface area contributed by atoms with Gasteiger partial charge in [-0.05, 0) is 18.9 Å². The van der Waals surface area contributed by atoms with Gasteiger partial charge < -0.3 is 9.47 Å². The molecule has 0 N–H and O–H groups in total. The minimum absolute atomic E-state index is 0.148. The van der Waals surface area contributed by atoms with Crippen LogP contribution in [0.25, 0.3) is 0 Å². The Balaban J connectivity index is 2.00. The minimum atomic E-state index is -0.363. The lowest BCUT2D eigenvalue weighted by atomic mass is 9.97. The first-order chi connectivity index (χ1) is 7.79. The van der Waals surface area contributed by atoms with Gasteiger partial charge in [0.05, 0.1) is 6.42 Å². The normalized spacial score (nSPS) is 24.4. The Morgan fingerprint density at radius 3 is 2.81 bits per heavy atom. The zero-order valence-electron chi connectivity index (χ0n) is 9.39. The van der Waals surface area contributed by atoms with Crippen LogP contribution in [-0.4, -0.2) is 18.9 Å². The molecule has 0 aromatic heterocycles. The Bertz CT molecular complexity index is 347. The van der Waals surface area contributed by atoms with Crippen LogP contribution in [0.5, 0.6) is 0 Å². The zero-order chi connectivity index (χ0) is 11.4. The molecule has 86 valence electrons. The molecule has 1 aromatic rings. The highest BCUT2D eigenvalue weighted by atomic mass is 16.7. The summed E-state index contributed by atoms with van der Waals surface area (Å²) in [4.78, 5) is 11.2. The van der Waals surface area contributed by atoms with Crippen LogP contribution in [0.1, 0.15) is 18.9 Å². The van der Waals surface area contributed by atoms with E-state index in [1.807, 2.05) is 25.1 Å². The molecule has 3 nitrogen and oxygen atoms in total. The van der Waals surface area contributed by atoms with E-state index in [0.717, 1.165) is 6.42 Å². The maximum Gasteiger partial charge on any atom is 0.308 e. The van der Waals surface area contributed by atoms with Crippen molar-refractivity contribution in [2.45, 2.75) is 26.1 Å². The Labute approximate surface area is 95.4 Å². The van der Waals surface area contributed by atoms with Crippen LogP contribution in [0.3, 0.4) is 0 Å². The van der Waals surface area contributed by atoms with Crippen LogP contribution in [0.4, 0.5) is 0 Å². The Kier molecular flexibility index (Phi) is 3.57. The summed E-state index contributed by atoms with van der Waals surface area (Å²) in [5, 5.41) is 0. The molecule has 0 radical (unpaired) electrons. The molecular weight excluding hydrogens is 204 g/mol. The van der Waals surface area contributed by atoms with Crippen molar-refractivity contribution in [1.29, 1.82) is 0 Å². The summed E-state index contributed by atoms with van der Waals surface area (Å²) in [5.74, 6) is -0.00534. The van der Waals surface area contributed by atoms with E-state index in [2.05, 4.69) is 12.1 Å². The van der Waals surface area contributed by atoms with Gasteiger partial charge >= 0.3 is 5.97 Å². The molecule has 0 unspecified atom stereocenters. The molecule has 1 saturated heterocycles. The van der Waals surface area contributed by atoms with Crippen LogP contribution >= 0.6 is 0 Å². The van der Waals surface area contributed by atoms with Crippen LogP contribution in [0.2, 0.25) is 0 Å². The third-order valence-electron chi connectivity index (χ3n) is 2.73. The topological polar surface area (TPSA) is 35.5 Å². The van der Waals surface area contributed by atoms with Gasteiger partial charge in [-0.3, -0.25) is 4.79 Å². The number of rotatable bonds is 4. The van der Waals surface area contributed by atoms with E-state index >= 15 is 0 Å². The average molecular weight is 220 g/mol. The van der Waals surface area contributed by atoms with E-state index in [9.17, 15) is 4.79 Å². The van der Waals surface area contributed by atoms with Crippen LogP contribution in [0.15, 0.2) is 30.3 Å². The molecule has 3 heteroatoms. The summed E-state index contributed by atoms with van der Waals surface area (Å²) >= 11 is 0. The first kappa shape index (κ1) is 11.1. The number of esters is 1. The van der Waals surface area contributed by atoms with E-state index in [0.29, 0.717) is 13.0 Å². The molecule has 0 spiro atoms. The predicted molar refractivity (Wildman–Crippen MR) is 59.8 cm³/mol. The van der Waals surface area contributed by atoms with E-state index in [4.69, 9.17) is 9.47 Å². The number of carbonyl (C=O) groups is 1. The van der Waals surface area contributed by atoms with Crippen LogP contribution < -0.4 is 0 Å². The standard InChI is InChI=1S/C13H16O3/c1-2-15-13-11(9-12(14)16-13)8-10-6-4-3-5-7-10/h3-7,11,13H,2,8-9H2,1H3/t11-,13-/m0/s1. The van der Waals surface area contributed by atoms with Crippen LogP contribution in [0, 0.1) is 5.92 Å². The van der Waals surface area contributed by atoms with Crippen molar-refractivity contribution in [3.8, 4) is 0 Å². The van der Waals surface area contributed by atoms with Gasteiger partial charge in [-0.2, -0.15) is 0 Å². The average Bonchev–Trinajstić information content (AvgIpc) is 2.61. The Morgan fingerprint density at radius 2 is 2.12 bits per heavy atom. The van der Waals surface area contributed by atoms with Crippen molar-refractivity contribution in [3.63, 3.8) is 0 Å². The molecule has 2 atom stereocenters. The number of ether oxygens (including phenoxy) is 2. The first-order valence-corrected chi connectivity index (χ1v) is 5.64. The second-order valence-corrected chi connectivity index (χ2v) is 3.97. The number of cyclic esters (lactones) is 1. The molecule has 1 heterocycles. The molecule has 1 aliphatic rings. The lowest BCUT2D eigenvalue weighted by Crippen LogP contribution is -2.21. The molecule has 16 heavy (non-hydrogen) atoms. The monoisotopic (exact) mass is 220 g/mol. The molecule has 0 amide bonds. The number of hydrogen-bond acceptors (Lipinski definition) is 3. The summed E-state index contributed by atoms with van der Waals surface area (Å²) in [7, 11) is 0. The fourth-order valence-electron chi connectivity index (χ4n) is 2.00. The van der Waals surface area contributed by atoms with Crippen molar-refractivity contribution in [2.24, 2.45) is 5.92 Å². The van der Waals surface area contributed by atoms with E-state index in [1.165, 1.54) is 5.56 Å². The summed E-state index contributed by atoms with van der Waals surface area (Å²) < 4.78 is 10.5.